The van der Waals surface area contributed by atoms with Crippen LogP contribution in [0.3, 0.4) is 0 Å². The minimum Gasteiger partial charge on any atom is -0.484 e. The van der Waals surface area contributed by atoms with E-state index in [9.17, 15) is 4.79 Å². The van der Waals surface area contributed by atoms with Crippen molar-refractivity contribution in [3.8, 4) is 5.75 Å². The maximum Gasteiger partial charge on any atom is 0.258 e. The summed E-state index contributed by atoms with van der Waals surface area (Å²) in [6, 6.07) is 19.1. The van der Waals surface area contributed by atoms with Gasteiger partial charge in [-0.25, -0.2) is 4.39 Å². The first-order valence-corrected chi connectivity index (χ1v) is 12.4. The molecule has 4 rings (SSSR count). The molecule has 0 aliphatic heterocycles. The molecule has 0 aliphatic carbocycles. The molecule has 34 heavy (non-hydrogen) atoms. The molecule has 0 saturated heterocycles. The predicted octanol–water partition coefficient (Wildman–Crippen LogP) is 5.26. The summed E-state index contributed by atoms with van der Waals surface area (Å²) in [5.41, 5.74) is 2.74. The highest BCUT2D eigenvalue weighted by Gasteiger charge is 2.15. The van der Waals surface area contributed by atoms with Gasteiger partial charge in [0.1, 0.15) is 11.9 Å². The number of anilines is 1. The van der Waals surface area contributed by atoms with Crippen LogP contribution in [0, 0.1) is 0 Å². The second-order valence-electron chi connectivity index (χ2n) is 7.80. The fourth-order valence-electron chi connectivity index (χ4n) is 3.80. The summed E-state index contributed by atoms with van der Waals surface area (Å²) in [7, 11) is 0. The summed E-state index contributed by atoms with van der Waals surface area (Å²) < 4.78 is 24.5. The molecule has 3 aromatic carbocycles. The van der Waals surface area contributed by atoms with Crippen LogP contribution in [0.25, 0.3) is 21.8 Å². The number of amides is 1. The van der Waals surface area contributed by atoms with E-state index in [-0.39, 0.29) is 38.8 Å². The van der Waals surface area contributed by atoms with Crippen molar-refractivity contribution in [1.29, 1.82) is 0 Å². The Morgan fingerprint density at radius 1 is 1.00 bits per heavy atom. The van der Waals surface area contributed by atoms with Crippen molar-refractivity contribution in [2.24, 2.45) is 0 Å². The van der Waals surface area contributed by atoms with Crippen molar-refractivity contribution in [2.45, 2.75) is 12.7 Å². The summed E-state index contributed by atoms with van der Waals surface area (Å²) in [5.74, 6) is 0.227. The topological polar surface area (TPSA) is 75.5 Å². The molecular weight excluding hydrogens is 569 g/mol. The largest absolute Gasteiger partial charge is 0.484 e. The summed E-state index contributed by atoms with van der Waals surface area (Å²) in [5, 5.41) is 16.5. The first kappa shape index (κ1) is 24.5. The quantitative estimate of drug-likeness (QED) is 0.235. The van der Waals surface area contributed by atoms with Crippen LogP contribution in [-0.2, 0) is 11.3 Å². The Balaban J connectivity index is 1.39. The molecule has 4 aromatic rings. The van der Waals surface area contributed by atoms with Crippen LogP contribution in [0.2, 0.25) is 0 Å². The monoisotopic (exact) mass is 591 g/mol. The highest BCUT2D eigenvalue weighted by atomic mass is 79.9. The molecule has 9 heteroatoms. The smallest absolute Gasteiger partial charge is 0.258 e. The Labute approximate surface area is 213 Å². The van der Waals surface area contributed by atoms with Gasteiger partial charge in [-0.2, -0.15) is 0 Å². The van der Waals surface area contributed by atoms with E-state index in [0.717, 1.165) is 36.4 Å². The molecule has 0 aliphatic rings. The Bertz CT molecular complexity index is 1240. The van der Waals surface area contributed by atoms with Gasteiger partial charge in [-0.3, -0.25) is 4.79 Å². The summed E-state index contributed by atoms with van der Waals surface area (Å²) in [6.07, 6.45) is -1.11. The van der Waals surface area contributed by atoms with Gasteiger partial charge in [0.2, 0.25) is 0 Å². The van der Waals surface area contributed by atoms with E-state index in [1.807, 2.05) is 28.8 Å². The minimum atomic E-state index is -1.11. The summed E-state index contributed by atoms with van der Waals surface area (Å²) in [6.45, 7) is 0.316. The Kier molecular flexibility index (Phi) is 8.07. The van der Waals surface area contributed by atoms with Crippen LogP contribution in [0.1, 0.15) is 0 Å². The standard InChI is InChI=1S/C25H24Br2FN3O3/c26-16-1-7-23-21(11-16)22-12-17(27)2-8-24(22)31(23)14-18(28)13-30-19-3-5-20(6-4-19)34-15-25(33)29-9-10-32/h1-8,11-12,18,30,32H,9-10,13-15H2,(H,29,33). The van der Waals surface area contributed by atoms with Crippen molar-refractivity contribution in [1.82, 2.24) is 9.88 Å². The molecule has 6 nitrogen and oxygen atoms in total. The second-order valence-corrected chi connectivity index (χ2v) is 9.63. The Hall–Kier alpha value is -2.62. The molecule has 0 spiro atoms. The van der Waals surface area contributed by atoms with E-state index in [2.05, 4.69) is 54.6 Å². The minimum absolute atomic E-state index is 0.117. The number of fused-ring (bicyclic) bond motifs is 3. The molecule has 1 amide bonds. The lowest BCUT2D eigenvalue weighted by Crippen LogP contribution is -2.31. The zero-order valence-corrected chi connectivity index (χ0v) is 21.4. The van der Waals surface area contributed by atoms with Crippen molar-refractivity contribution < 1.29 is 19.0 Å². The maximum atomic E-state index is 15.1. The number of alkyl halides is 1. The van der Waals surface area contributed by atoms with Crippen molar-refractivity contribution in [2.75, 3.05) is 31.6 Å². The number of hydrogen-bond acceptors (Lipinski definition) is 4. The lowest BCUT2D eigenvalue weighted by Gasteiger charge is -2.14. The molecular formula is C25H24Br2FN3O3. The summed E-state index contributed by atoms with van der Waals surface area (Å²) >= 11 is 7.07. The molecule has 0 saturated carbocycles. The second kappa shape index (κ2) is 11.2. The average molecular weight is 593 g/mol. The fourth-order valence-corrected chi connectivity index (χ4v) is 4.52. The lowest BCUT2D eigenvalue weighted by molar-refractivity contribution is -0.123. The normalized spacial score (nSPS) is 12.1. The predicted molar refractivity (Wildman–Crippen MR) is 140 cm³/mol. The number of carbonyl (C=O) groups is 1. The van der Waals surface area contributed by atoms with E-state index in [0.29, 0.717) is 5.75 Å². The zero-order valence-electron chi connectivity index (χ0n) is 18.2. The van der Waals surface area contributed by atoms with Crippen molar-refractivity contribution in [3.63, 3.8) is 0 Å². The van der Waals surface area contributed by atoms with E-state index in [1.54, 1.807) is 24.3 Å². The lowest BCUT2D eigenvalue weighted by atomic mass is 10.2. The first-order valence-electron chi connectivity index (χ1n) is 10.8. The number of benzene rings is 3. The highest BCUT2D eigenvalue weighted by Crippen LogP contribution is 2.33. The fraction of sp³-hybridized carbons (Fsp3) is 0.240. The molecule has 178 valence electrons. The van der Waals surface area contributed by atoms with Crippen LogP contribution in [0.15, 0.2) is 69.6 Å². The number of rotatable bonds is 10. The van der Waals surface area contributed by atoms with Gasteiger partial charge < -0.3 is 25.0 Å². The number of ether oxygens (including phenoxy) is 1. The molecule has 0 bridgehead atoms. The van der Waals surface area contributed by atoms with Gasteiger partial charge >= 0.3 is 0 Å². The number of aromatic nitrogens is 1. The van der Waals surface area contributed by atoms with Crippen LogP contribution in [0.4, 0.5) is 10.1 Å². The number of nitrogens with one attached hydrogen (secondary N) is 2. The van der Waals surface area contributed by atoms with Gasteiger partial charge in [0.25, 0.3) is 5.91 Å². The van der Waals surface area contributed by atoms with Gasteiger partial charge in [-0.15, -0.1) is 0 Å². The average Bonchev–Trinajstić information content (AvgIpc) is 3.12. The molecule has 1 heterocycles. The number of hydrogen-bond donors (Lipinski definition) is 3. The van der Waals surface area contributed by atoms with Crippen LogP contribution in [0.5, 0.6) is 5.75 Å². The number of halogens is 3. The highest BCUT2D eigenvalue weighted by molar-refractivity contribution is 9.10. The molecule has 1 unspecified atom stereocenters. The summed E-state index contributed by atoms with van der Waals surface area (Å²) in [4.78, 5) is 11.5. The number of aliphatic hydroxyl groups is 1. The van der Waals surface area contributed by atoms with E-state index < -0.39 is 6.17 Å². The van der Waals surface area contributed by atoms with Gasteiger partial charge in [-0.1, -0.05) is 31.9 Å². The van der Waals surface area contributed by atoms with Gasteiger partial charge in [0.15, 0.2) is 6.61 Å². The van der Waals surface area contributed by atoms with E-state index in [1.165, 1.54) is 0 Å². The number of carbonyl (C=O) groups excluding carboxylic acids is 1. The van der Waals surface area contributed by atoms with Gasteiger partial charge in [0.05, 0.1) is 13.2 Å². The third kappa shape index (κ3) is 5.89. The van der Waals surface area contributed by atoms with Crippen molar-refractivity contribution in [3.05, 3.63) is 69.6 Å². The van der Waals surface area contributed by atoms with Crippen molar-refractivity contribution >= 4 is 65.3 Å². The Morgan fingerprint density at radius 2 is 1.62 bits per heavy atom. The van der Waals surface area contributed by atoms with Crippen LogP contribution in [-0.4, -0.2) is 48.1 Å². The third-order valence-electron chi connectivity index (χ3n) is 5.36. The maximum absolute atomic E-state index is 15.1. The van der Waals surface area contributed by atoms with Crippen LogP contribution < -0.4 is 15.4 Å². The van der Waals surface area contributed by atoms with Crippen LogP contribution >= 0.6 is 31.9 Å². The number of nitrogens with zero attached hydrogens (tertiary/aromatic N) is 1. The Morgan fingerprint density at radius 3 is 2.21 bits per heavy atom. The van der Waals surface area contributed by atoms with Gasteiger partial charge in [0, 0.05) is 49.5 Å². The molecule has 0 fully saturated rings. The molecule has 1 atom stereocenters. The SMILES string of the molecule is O=C(COc1ccc(NCC(F)Cn2c3ccc(Br)cc3c3cc(Br)ccc32)cc1)NCCO. The zero-order chi connectivity index (χ0) is 24.1. The number of aliphatic hydroxyl groups excluding tert-OH is 1. The van der Waals surface area contributed by atoms with E-state index in [4.69, 9.17) is 9.84 Å². The third-order valence-corrected chi connectivity index (χ3v) is 6.34. The molecule has 0 radical (unpaired) electrons. The van der Waals surface area contributed by atoms with Gasteiger partial charge in [-0.05, 0) is 60.7 Å². The first-order chi connectivity index (χ1) is 16.4. The van der Waals surface area contributed by atoms with E-state index >= 15 is 4.39 Å². The molecule has 3 N–H and O–H groups in total. The molecule has 1 aromatic heterocycles.